The Labute approximate surface area is 149 Å². The minimum Gasteiger partial charge on any atom is -0.506 e. The lowest BCUT2D eigenvalue weighted by Gasteiger charge is -2.17. The van der Waals surface area contributed by atoms with Gasteiger partial charge in [-0.2, -0.15) is 0 Å². The summed E-state index contributed by atoms with van der Waals surface area (Å²) in [6, 6.07) is 9.89. The molecule has 0 fully saturated rings. The van der Waals surface area contributed by atoms with Crippen LogP contribution in [0.5, 0.6) is 5.75 Å². The Morgan fingerprint density at radius 2 is 1.52 bits per heavy atom. The number of Topliss-reactive ketones (excluding diaryl/α,β-unsaturated/α-hetero) is 2. The standard InChI is InChI=1S/C18H10F3NO5/c19-18(20,21)27-10-7-5-9(6-8-10)22-17(26)13-14(23)11-3-1-2-4-12(11)15(24)16(13)25/h1-8,23H,(H,22,26). The molecule has 2 aromatic rings. The van der Waals surface area contributed by atoms with Crippen molar-refractivity contribution in [2.75, 3.05) is 5.32 Å². The molecule has 0 saturated heterocycles. The summed E-state index contributed by atoms with van der Waals surface area (Å²) in [5, 5.41) is 12.5. The van der Waals surface area contributed by atoms with E-state index in [9.17, 15) is 32.7 Å². The Morgan fingerprint density at radius 3 is 2.11 bits per heavy atom. The first-order chi connectivity index (χ1) is 12.7. The number of ether oxygens (including phenoxy) is 1. The molecule has 0 atom stereocenters. The molecule has 0 heterocycles. The van der Waals surface area contributed by atoms with Gasteiger partial charge in [0.1, 0.15) is 17.1 Å². The van der Waals surface area contributed by atoms with Crippen molar-refractivity contribution in [1.29, 1.82) is 0 Å². The number of carbonyl (C=O) groups excluding carboxylic acids is 3. The number of halogens is 3. The monoisotopic (exact) mass is 377 g/mol. The minimum atomic E-state index is -4.86. The predicted octanol–water partition coefficient (Wildman–Crippen LogP) is 3.26. The Balaban J connectivity index is 1.86. The fourth-order valence-electron chi connectivity index (χ4n) is 2.51. The smallest absolute Gasteiger partial charge is 0.506 e. The van der Waals surface area contributed by atoms with Crippen molar-refractivity contribution in [1.82, 2.24) is 0 Å². The van der Waals surface area contributed by atoms with Gasteiger partial charge in [0, 0.05) is 16.8 Å². The van der Waals surface area contributed by atoms with Crippen LogP contribution < -0.4 is 10.1 Å². The number of anilines is 1. The molecular weight excluding hydrogens is 367 g/mol. The van der Waals surface area contributed by atoms with Crippen LogP contribution in [-0.4, -0.2) is 28.9 Å². The lowest BCUT2D eigenvalue weighted by Crippen LogP contribution is -2.31. The van der Waals surface area contributed by atoms with Gasteiger partial charge in [0.05, 0.1) is 0 Å². The normalized spacial score (nSPS) is 14.0. The largest absolute Gasteiger partial charge is 0.573 e. The number of hydrogen-bond acceptors (Lipinski definition) is 5. The molecule has 1 amide bonds. The number of rotatable bonds is 3. The van der Waals surface area contributed by atoms with E-state index < -0.39 is 40.9 Å². The lowest BCUT2D eigenvalue weighted by molar-refractivity contribution is -0.274. The van der Waals surface area contributed by atoms with Crippen LogP contribution in [0.3, 0.4) is 0 Å². The summed E-state index contributed by atoms with van der Waals surface area (Å²) in [4.78, 5) is 36.6. The van der Waals surface area contributed by atoms with E-state index in [0.717, 1.165) is 24.3 Å². The van der Waals surface area contributed by atoms with Crippen molar-refractivity contribution >= 4 is 28.9 Å². The number of alkyl halides is 3. The molecule has 0 saturated carbocycles. The first-order valence-electron chi connectivity index (χ1n) is 7.46. The molecule has 138 valence electrons. The van der Waals surface area contributed by atoms with Crippen LogP contribution in [0.2, 0.25) is 0 Å². The van der Waals surface area contributed by atoms with Gasteiger partial charge in [-0.05, 0) is 24.3 Å². The first kappa shape index (κ1) is 18.2. The van der Waals surface area contributed by atoms with Crippen molar-refractivity contribution in [3.63, 3.8) is 0 Å². The van der Waals surface area contributed by atoms with Gasteiger partial charge in [-0.25, -0.2) is 0 Å². The number of carbonyl (C=O) groups is 3. The Bertz CT molecular complexity index is 977. The summed E-state index contributed by atoms with van der Waals surface area (Å²) in [5.41, 5.74) is -0.686. The second-order valence-corrected chi connectivity index (χ2v) is 5.45. The molecule has 6 nitrogen and oxygen atoms in total. The average molecular weight is 377 g/mol. The quantitative estimate of drug-likeness (QED) is 0.633. The number of benzene rings is 2. The van der Waals surface area contributed by atoms with E-state index in [1.165, 1.54) is 24.3 Å². The maximum atomic E-state index is 12.3. The van der Waals surface area contributed by atoms with Gasteiger partial charge in [-0.3, -0.25) is 14.4 Å². The zero-order valence-electron chi connectivity index (χ0n) is 13.3. The molecule has 1 aliphatic rings. The first-order valence-corrected chi connectivity index (χ1v) is 7.46. The van der Waals surface area contributed by atoms with Crippen LogP contribution in [-0.2, 0) is 9.59 Å². The maximum Gasteiger partial charge on any atom is 0.573 e. The van der Waals surface area contributed by atoms with Gasteiger partial charge in [-0.1, -0.05) is 24.3 Å². The van der Waals surface area contributed by atoms with Gasteiger partial charge in [0.25, 0.3) is 5.91 Å². The third-order valence-electron chi connectivity index (χ3n) is 3.67. The molecule has 0 aliphatic heterocycles. The fourth-order valence-corrected chi connectivity index (χ4v) is 2.51. The van der Waals surface area contributed by atoms with Gasteiger partial charge < -0.3 is 15.2 Å². The van der Waals surface area contributed by atoms with Gasteiger partial charge in [0.15, 0.2) is 0 Å². The molecular formula is C18H10F3NO5. The van der Waals surface area contributed by atoms with E-state index in [2.05, 4.69) is 10.1 Å². The van der Waals surface area contributed by atoms with E-state index in [4.69, 9.17) is 0 Å². The highest BCUT2D eigenvalue weighted by Crippen LogP contribution is 2.29. The van der Waals surface area contributed by atoms with Crippen molar-refractivity contribution in [3.05, 3.63) is 65.2 Å². The summed E-state index contributed by atoms with van der Waals surface area (Å²) in [6.07, 6.45) is -4.86. The van der Waals surface area contributed by atoms with Gasteiger partial charge >= 0.3 is 6.36 Å². The predicted molar refractivity (Wildman–Crippen MR) is 87.1 cm³/mol. The highest BCUT2D eigenvalue weighted by molar-refractivity contribution is 6.57. The number of nitrogens with one attached hydrogen (secondary N) is 1. The van der Waals surface area contributed by atoms with E-state index >= 15 is 0 Å². The zero-order chi connectivity index (χ0) is 19.8. The number of amides is 1. The molecule has 0 aromatic heterocycles. The van der Waals surface area contributed by atoms with Crippen LogP contribution in [0.1, 0.15) is 15.9 Å². The Hall–Kier alpha value is -3.62. The Morgan fingerprint density at radius 1 is 0.926 bits per heavy atom. The average Bonchev–Trinajstić information content (AvgIpc) is 2.60. The summed E-state index contributed by atoms with van der Waals surface area (Å²) in [6.45, 7) is 0. The number of aliphatic hydroxyl groups excluding tert-OH is 1. The molecule has 27 heavy (non-hydrogen) atoms. The third-order valence-corrected chi connectivity index (χ3v) is 3.67. The molecule has 2 N–H and O–H groups in total. The highest BCUT2D eigenvalue weighted by atomic mass is 19.4. The molecule has 0 radical (unpaired) electrons. The fraction of sp³-hybridized carbons (Fsp3) is 0.0556. The van der Waals surface area contributed by atoms with Gasteiger partial charge in [0.2, 0.25) is 11.6 Å². The molecule has 3 rings (SSSR count). The second kappa shape index (κ2) is 6.60. The Kier molecular flexibility index (Phi) is 4.44. The molecule has 0 bridgehead atoms. The number of aliphatic hydroxyl groups is 1. The van der Waals surface area contributed by atoms with Crippen LogP contribution in [0.15, 0.2) is 54.1 Å². The van der Waals surface area contributed by atoms with E-state index in [-0.39, 0.29) is 16.8 Å². The summed E-state index contributed by atoms with van der Waals surface area (Å²) < 4.78 is 40.1. The highest BCUT2D eigenvalue weighted by Gasteiger charge is 2.36. The van der Waals surface area contributed by atoms with E-state index in [1.54, 1.807) is 0 Å². The van der Waals surface area contributed by atoms with E-state index in [0.29, 0.717) is 0 Å². The molecule has 0 spiro atoms. The van der Waals surface area contributed by atoms with Crippen LogP contribution in [0.25, 0.3) is 5.76 Å². The zero-order valence-corrected chi connectivity index (χ0v) is 13.3. The molecule has 9 heteroatoms. The summed E-state index contributed by atoms with van der Waals surface area (Å²) in [5.74, 6) is -4.34. The van der Waals surface area contributed by atoms with E-state index in [1.807, 2.05) is 0 Å². The summed E-state index contributed by atoms with van der Waals surface area (Å²) >= 11 is 0. The lowest BCUT2D eigenvalue weighted by atomic mass is 9.88. The van der Waals surface area contributed by atoms with Gasteiger partial charge in [-0.15, -0.1) is 13.2 Å². The van der Waals surface area contributed by atoms with Crippen LogP contribution >= 0.6 is 0 Å². The minimum absolute atomic E-state index is 0.0230. The maximum absolute atomic E-state index is 12.3. The third kappa shape index (κ3) is 3.66. The SMILES string of the molecule is O=C(Nc1ccc(OC(F)(F)F)cc1)C1=C(O)c2ccccc2C(=O)C1=O. The second-order valence-electron chi connectivity index (χ2n) is 5.45. The van der Waals surface area contributed by atoms with Crippen molar-refractivity contribution < 1.29 is 37.4 Å². The summed E-state index contributed by atoms with van der Waals surface area (Å²) in [7, 11) is 0. The molecule has 2 aromatic carbocycles. The van der Waals surface area contributed by atoms with Crippen LogP contribution in [0.4, 0.5) is 18.9 Å². The van der Waals surface area contributed by atoms with Crippen molar-refractivity contribution in [3.8, 4) is 5.75 Å². The number of fused-ring (bicyclic) bond motifs is 1. The number of ketones is 2. The van der Waals surface area contributed by atoms with Crippen molar-refractivity contribution in [2.45, 2.75) is 6.36 Å². The van der Waals surface area contributed by atoms with Crippen molar-refractivity contribution in [2.24, 2.45) is 0 Å². The number of hydrogen-bond donors (Lipinski definition) is 2. The van der Waals surface area contributed by atoms with Crippen LogP contribution in [0, 0.1) is 0 Å². The molecule has 1 aliphatic carbocycles. The topological polar surface area (TPSA) is 92.7 Å². The molecule has 0 unspecified atom stereocenters.